The van der Waals surface area contributed by atoms with Crippen molar-refractivity contribution in [3.05, 3.63) is 22.2 Å². The van der Waals surface area contributed by atoms with E-state index in [1.54, 1.807) is 0 Å². The van der Waals surface area contributed by atoms with E-state index in [1.807, 2.05) is 0 Å². The number of hydrogen-bond donors (Lipinski definition) is 1. The fourth-order valence-corrected chi connectivity index (χ4v) is 2.26. The first-order chi connectivity index (χ1) is 8.56. The first-order valence-corrected chi connectivity index (χ1v) is 6.29. The molecule has 0 unspecified atom stereocenters. The molecule has 0 fully saturated rings. The molecule has 0 aliphatic rings. The maximum Gasteiger partial charge on any atom is 0.324 e. The van der Waals surface area contributed by atoms with Crippen LogP contribution in [0.4, 0.5) is 5.00 Å². The summed E-state index contributed by atoms with van der Waals surface area (Å²) in [4.78, 5) is 20.8. The van der Waals surface area contributed by atoms with Gasteiger partial charge in [-0.15, -0.1) is 10.2 Å². The van der Waals surface area contributed by atoms with Gasteiger partial charge in [0.25, 0.3) is 11.1 Å². The van der Waals surface area contributed by atoms with Crippen molar-refractivity contribution in [2.24, 2.45) is 0 Å². The lowest BCUT2D eigenvalue weighted by atomic mass is 10.5. The van der Waals surface area contributed by atoms with Crippen molar-refractivity contribution in [2.45, 2.75) is 5.22 Å². The van der Waals surface area contributed by atoms with E-state index < -0.39 is 10.9 Å². The van der Waals surface area contributed by atoms with Crippen LogP contribution in [0.5, 0.6) is 0 Å². The van der Waals surface area contributed by atoms with Crippen LogP contribution in [0.15, 0.2) is 21.8 Å². The minimum absolute atomic E-state index is 0.0251. The number of rotatable bonds is 5. The Morgan fingerprint density at radius 2 is 2.33 bits per heavy atom. The molecule has 10 heteroatoms. The van der Waals surface area contributed by atoms with Gasteiger partial charge in [-0.2, -0.15) is 0 Å². The predicted molar refractivity (Wildman–Crippen MR) is 62.6 cm³/mol. The molecule has 0 aliphatic heterocycles. The number of aromatic nitrogens is 2. The molecule has 0 atom stereocenters. The maximum absolute atomic E-state index is 10.5. The van der Waals surface area contributed by atoms with Crippen LogP contribution in [0.2, 0.25) is 0 Å². The lowest BCUT2D eigenvalue weighted by molar-refractivity contribution is -0.380. The molecular weight excluding hydrogens is 282 g/mol. The zero-order chi connectivity index (χ0) is 13.1. The van der Waals surface area contributed by atoms with E-state index in [4.69, 9.17) is 9.52 Å². The lowest BCUT2D eigenvalue weighted by Gasteiger charge is -1.88. The van der Waals surface area contributed by atoms with E-state index in [0.717, 1.165) is 23.1 Å². The number of nitrogens with zero attached hydrogens (tertiary/aromatic N) is 3. The second-order valence-electron chi connectivity index (χ2n) is 2.95. The first-order valence-electron chi connectivity index (χ1n) is 4.49. The van der Waals surface area contributed by atoms with Gasteiger partial charge in [0.1, 0.15) is 5.75 Å². The minimum atomic E-state index is -0.994. The Morgan fingerprint density at radius 1 is 1.56 bits per heavy atom. The van der Waals surface area contributed by atoms with Gasteiger partial charge in [0.05, 0.1) is 9.80 Å². The molecule has 0 saturated carbocycles. The van der Waals surface area contributed by atoms with Gasteiger partial charge in [-0.25, -0.2) is 0 Å². The largest absolute Gasteiger partial charge is 0.481 e. The summed E-state index contributed by atoms with van der Waals surface area (Å²) < 4.78 is 5.18. The Hall–Kier alpha value is -1.94. The van der Waals surface area contributed by atoms with Gasteiger partial charge in [-0.3, -0.25) is 14.9 Å². The Balaban J connectivity index is 2.13. The summed E-state index contributed by atoms with van der Waals surface area (Å²) in [5.41, 5.74) is 0. The number of carboxylic acid groups (broad SMARTS) is 1. The van der Waals surface area contributed by atoms with Crippen molar-refractivity contribution in [1.82, 2.24) is 10.2 Å². The number of aliphatic carboxylic acids is 1. The molecule has 0 amide bonds. The minimum Gasteiger partial charge on any atom is -0.481 e. The van der Waals surface area contributed by atoms with Crippen LogP contribution in [0, 0.1) is 10.1 Å². The third-order valence-corrected chi connectivity index (χ3v) is 3.54. The van der Waals surface area contributed by atoms with Crippen molar-refractivity contribution in [1.29, 1.82) is 0 Å². The molecule has 0 saturated heterocycles. The summed E-state index contributed by atoms with van der Waals surface area (Å²) >= 11 is 1.80. The van der Waals surface area contributed by atoms with Crippen molar-refractivity contribution in [3.63, 3.8) is 0 Å². The van der Waals surface area contributed by atoms with Gasteiger partial charge in [0.2, 0.25) is 0 Å². The third-order valence-electron chi connectivity index (χ3n) is 1.71. The average Bonchev–Trinajstić information content (AvgIpc) is 2.95. The zero-order valence-corrected chi connectivity index (χ0v) is 10.2. The SMILES string of the molecule is O=C(O)CSc1nnc(-c2ccc([N+](=O)[O-])s2)o1. The summed E-state index contributed by atoms with van der Waals surface area (Å²) in [6.45, 7) is 0. The summed E-state index contributed by atoms with van der Waals surface area (Å²) in [6.07, 6.45) is 0. The molecule has 0 radical (unpaired) electrons. The molecule has 2 aromatic rings. The van der Waals surface area contributed by atoms with E-state index in [1.165, 1.54) is 12.1 Å². The monoisotopic (exact) mass is 287 g/mol. The van der Waals surface area contributed by atoms with Gasteiger partial charge in [0, 0.05) is 6.07 Å². The van der Waals surface area contributed by atoms with E-state index in [0.29, 0.717) is 4.88 Å². The molecule has 2 aromatic heterocycles. The Labute approximate surface area is 108 Å². The molecule has 18 heavy (non-hydrogen) atoms. The first kappa shape index (κ1) is 12.5. The standard InChI is InChI=1S/C8H5N3O5S2/c12-6(13)3-17-8-10-9-7(16-8)4-1-2-5(18-4)11(14)15/h1-2H,3H2,(H,12,13). The normalized spacial score (nSPS) is 10.4. The van der Waals surface area contributed by atoms with Crippen molar-refractivity contribution < 1.29 is 19.2 Å². The topological polar surface area (TPSA) is 119 Å². The lowest BCUT2D eigenvalue weighted by Crippen LogP contribution is -1.97. The Morgan fingerprint density at radius 3 is 2.94 bits per heavy atom. The van der Waals surface area contributed by atoms with Crippen LogP contribution in [0.25, 0.3) is 10.8 Å². The van der Waals surface area contributed by atoms with Gasteiger partial charge in [-0.1, -0.05) is 23.1 Å². The average molecular weight is 287 g/mol. The quantitative estimate of drug-likeness (QED) is 0.503. The summed E-state index contributed by atoms with van der Waals surface area (Å²) in [5.74, 6) is -1.04. The molecule has 0 spiro atoms. The van der Waals surface area contributed by atoms with Gasteiger partial charge < -0.3 is 9.52 Å². The molecule has 0 aromatic carbocycles. The number of carbonyl (C=O) groups is 1. The van der Waals surface area contributed by atoms with E-state index >= 15 is 0 Å². The van der Waals surface area contributed by atoms with Gasteiger partial charge in [0.15, 0.2) is 0 Å². The number of nitro groups is 1. The molecule has 1 N–H and O–H groups in total. The number of thiophene rings is 1. The van der Waals surface area contributed by atoms with Crippen LogP contribution in [-0.4, -0.2) is 31.9 Å². The van der Waals surface area contributed by atoms with Crippen LogP contribution in [-0.2, 0) is 4.79 Å². The van der Waals surface area contributed by atoms with Gasteiger partial charge in [-0.05, 0) is 6.07 Å². The molecular formula is C8H5N3O5S2. The van der Waals surface area contributed by atoms with Crippen LogP contribution in [0.3, 0.4) is 0 Å². The number of carboxylic acids is 1. The second-order valence-corrected chi connectivity index (χ2v) is 4.94. The van der Waals surface area contributed by atoms with Gasteiger partial charge >= 0.3 is 11.0 Å². The van der Waals surface area contributed by atoms with E-state index in [2.05, 4.69) is 10.2 Å². The fraction of sp³-hybridized carbons (Fsp3) is 0.125. The highest BCUT2D eigenvalue weighted by atomic mass is 32.2. The number of hydrogen-bond acceptors (Lipinski definition) is 8. The zero-order valence-electron chi connectivity index (χ0n) is 8.60. The van der Waals surface area contributed by atoms with Crippen LogP contribution in [0.1, 0.15) is 0 Å². The maximum atomic E-state index is 10.5. The van der Waals surface area contributed by atoms with E-state index in [-0.39, 0.29) is 21.9 Å². The third kappa shape index (κ3) is 2.84. The Bertz CT molecular complexity index is 593. The summed E-state index contributed by atoms with van der Waals surface area (Å²) in [5, 5.41) is 26.4. The fourth-order valence-electron chi connectivity index (χ4n) is 1.03. The molecule has 8 nitrogen and oxygen atoms in total. The molecule has 0 bridgehead atoms. The highest BCUT2D eigenvalue weighted by Gasteiger charge is 2.16. The highest BCUT2D eigenvalue weighted by Crippen LogP contribution is 2.32. The van der Waals surface area contributed by atoms with E-state index in [9.17, 15) is 14.9 Å². The molecule has 0 aliphatic carbocycles. The highest BCUT2D eigenvalue weighted by molar-refractivity contribution is 7.99. The molecule has 2 heterocycles. The Kier molecular flexibility index (Phi) is 3.58. The molecule has 2 rings (SSSR count). The van der Waals surface area contributed by atoms with Crippen molar-refractivity contribution >= 4 is 34.1 Å². The predicted octanol–water partition coefficient (Wildman–Crippen LogP) is 1.88. The van der Waals surface area contributed by atoms with Crippen molar-refractivity contribution in [3.8, 4) is 10.8 Å². The second kappa shape index (κ2) is 5.14. The number of thioether (sulfide) groups is 1. The molecule has 94 valence electrons. The van der Waals surface area contributed by atoms with Crippen LogP contribution >= 0.6 is 23.1 Å². The van der Waals surface area contributed by atoms with Crippen LogP contribution < -0.4 is 0 Å². The summed E-state index contributed by atoms with van der Waals surface area (Å²) in [7, 11) is 0. The summed E-state index contributed by atoms with van der Waals surface area (Å²) in [6, 6.07) is 2.84. The smallest absolute Gasteiger partial charge is 0.324 e. The van der Waals surface area contributed by atoms with Crippen molar-refractivity contribution in [2.75, 3.05) is 5.75 Å².